The van der Waals surface area contributed by atoms with Gasteiger partial charge in [-0.2, -0.15) is 0 Å². The molecule has 0 atom stereocenters. The predicted molar refractivity (Wildman–Crippen MR) is 72.2 cm³/mol. The highest BCUT2D eigenvalue weighted by atomic mass is 32.1. The van der Waals surface area contributed by atoms with E-state index in [2.05, 4.69) is 30.1 Å². The van der Waals surface area contributed by atoms with Gasteiger partial charge < -0.3 is 5.11 Å². The number of carboxylic acids is 1. The van der Waals surface area contributed by atoms with Crippen molar-refractivity contribution in [3.63, 3.8) is 0 Å². The molecule has 1 aromatic carbocycles. The van der Waals surface area contributed by atoms with E-state index in [1.807, 2.05) is 13.0 Å². The Balaban J connectivity index is 2.19. The first-order chi connectivity index (χ1) is 8.54. The minimum atomic E-state index is -0.828. The number of benzene rings is 1. The molecule has 0 aliphatic carbocycles. The number of hydrogen-bond donors (Lipinski definition) is 1. The standard InChI is InChI=1S/C14H15NO2S/c1-9-4-3-5-11(6-9)7-12-10(2)15-13(18-12)8-14(16)17/h3-6H,7-8H2,1-2H3,(H,16,17). The lowest BCUT2D eigenvalue weighted by Crippen LogP contribution is -1.98. The smallest absolute Gasteiger partial charge is 0.310 e. The normalized spacial score (nSPS) is 10.6. The molecule has 0 aliphatic rings. The third-order valence-corrected chi connectivity index (χ3v) is 3.84. The summed E-state index contributed by atoms with van der Waals surface area (Å²) in [6, 6.07) is 8.34. The Morgan fingerprint density at radius 2 is 2.17 bits per heavy atom. The Labute approximate surface area is 110 Å². The third kappa shape index (κ3) is 3.17. The molecule has 0 aliphatic heterocycles. The largest absolute Gasteiger partial charge is 0.481 e. The van der Waals surface area contributed by atoms with Crippen molar-refractivity contribution in [3.05, 3.63) is 51.0 Å². The SMILES string of the molecule is Cc1cccc(Cc2sc(CC(=O)O)nc2C)c1. The van der Waals surface area contributed by atoms with Crippen molar-refractivity contribution in [1.29, 1.82) is 0 Å². The lowest BCUT2D eigenvalue weighted by atomic mass is 10.1. The van der Waals surface area contributed by atoms with Crippen LogP contribution in [0.4, 0.5) is 0 Å². The van der Waals surface area contributed by atoms with E-state index in [0.29, 0.717) is 5.01 Å². The van der Waals surface area contributed by atoms with Crippen molar-refractivity contribution >= 4 is 17.3 Å². The van der Waals surface area contributed by atoms with E-state index in [4.69, 9.17) is 5.11 Å². The summed E-state index contributed by atoms with van der Waals surface area (Å²) in [6.07, 6.45) is 0.837. The van der Waals surface area contributed by atoms with E-state index in [1.54, 1.807) is 0 Å². The fraction of sp³-hybridized carbons (Fsp3) is 0.286. The highest BCUT2D eigenvalue weighted by Gasteiger charge is 2.10. The van der Waals surface area contributed by atoms with Crippen LogP contribution in [0, 0.1) is 13.8 Å². The van der Waals surface area contributed by atoms with E-state index < -0.39 is 5.97 Å². The lowest BCUT2D eigenvalue weighted by molar-refractivity contribution is -0.136. The molecule has 2 aromatic rings. The van der Waals surface area contributed by atoms with Crippen molar-refractivity contribution in [3.8, 4) is 0 Å². The number of hydrogen-bond acceptors (Lipinski definition) is 3. The van der Waals surface area contributed by atoms with Gasteiger partial charge >= 0.3 is 5.97 Å². The number of rotatable bonds is 4. The van der Waals surface area contributed by atoms with Gasteiger partial charge in [0, 0.05) is 11.3 Å². The molecule has 0 bridgehead atoms. The summed E-state index contributed by atoms with van der Waals surface area (Å²) in [7, 11) is 0. The monoisotopic (exact) mass is 261 g/mol. The topological polar surface area (TPSA) is 50.2 Å². The van der Waals surface area contributed by atoms with Gasteiger partial charge in [0.1, 0.15) is 5.01 Å². The molecule has 0 fully saturated rings. The third-order valence-electron chi connectivity index (χ3n) is 2.69. The van der Waals surface area contributed by atoms with Crippen molar-refractivity contribution in [2.75, 3.05) is 0 Å². The van der Waals surface area contributed by atoms with Gasteiger partial charge in [-0.1, -0.05) is 29.8 Å². The van der Waals surface area contributed by atoms with Crippen LogP contribution < -0.4 is 0 Å². The van der Waals surface area contributed by atoms with Crippen LogP contribution in [-0.4, -0.2) is 16.1 Å². The minimum Gasteiger partial charge on any atom is -0.481 e. The van der Waals surface area contributed by atoms with Crippen LogP contribution in [0.5, 0.6) is 0 Å². The average Bonchev–Trinajstić information content (AvgIpc) is 2.58. The Morgan fingerprint density at radius 1 is 1.39 bits per heavy atom. The maximum absolute atomic E-state index is 10.7. The van der Waals surface area contributed by atoms with E-state index in [0.717, 1.165) is 17.0 Å². The first-order valence-corrected chi connectivity index (χ1v) is 6.59. The molecule has 3 nitrogen and oxygen atoms in total. The molecule has 94 valence electrons. The van der Waals surface area contributed by atoms with Crippen LogP contribution in [0.1, 0.15) is 26.7 Å². The molecule has 1 aromatic heterocycles. The molecule has 2 rings (SSSR count). The predicted octanol–water partition coefficient (Wildman–Crippen LogP) is 2.98. The van der Waals surface area contributed by atoms with Crippen LogP contribution >= 0.6 is 11.3 Å². The molecule has 0 unspecified atom stereocenters. The highest BCUT2D eigenvalue weighted by Crippen LogP contribution is 2.22. The number of thiazole rings is 1. The van der Waals surface area contributed by atoms with Gasteiger partial charge in [-0.15, -0.1) is 11.3 Å². The number of nitrogens with zero attached hydrogens (tertiary/aromatic N) is 1. The second-order valence-electron chi connectivity index (χ2n) is 4.35. The molecule has 1 N–H and O–H groups in total. The zero-order chi connectivity index (χ0) is 13.1. The maximum atomic E-state index is 10.7. The molecule has 1 heterocycles. The molecule has 0 saturated carbocycles. The van der Waals surface area contributed by atoms with Gasteiger partial charge in [0.05, 0.1) is 12.1 Å². The summed E-state index contributed by atoms with van der Waals surface area (Å²) >= 11 is 1.50. The Hall–Kier alpha value is -1.68. The van der Waals surface area contributed by atoms with Crippen LogP contribution in [0.2, 0.25) is 0 Å². The minimum absolute atomic E-state index is 0.0132. The van der Waals surface area contributed by atoms with Crippen molar-refractivity contribution in [2.45, 2.75) is 26.7 Å². The van der Waals surface area contributed by atoms with Gasteiger partial charge in [-0.25, -0.2) is 4.98 Å². The maximum Gasteiger partial charge on any atom is 0.310 e. The van der Waals surface area contributed by atoms with Gasteiger partial charge in [-0.3, -0.25) is 4.79 Å². The average molecular weight is 261 g/mol. The molecular weight excluding hydrogens is 246 g/mol. The molecule has 0 saturated heterocycles. The molecule has 0 spiro atoms. The lowest BCUT2D eigenvalue weighted by Gasteiger charge is -2.00. The summed E-state index contributed by atoms with van der Waals surface area (Å²) < 4.78 is 0. The van der Waals surface area contributed by atoms with Crippen LogP contribution in [0.15, 0.2) is 24.3 Å². The summed E-state index contributed by atoms with van der Waals surface area (Å²) in [5.74, 6) is -0.828. The van der Waals surface area contributed by atoms with E-state index in [9.17, 15) is 4.79 Å². The molecule has 18 heavy (non-hydrogen) atoms. The number of aromatic nitrogens is 1. The fourth-order valence-electron chi connectivity index (χ4n) is 1.86. The van der Waals surface area contributed by atoms with Crippen molar-refractivity contribution in [2.24, 2.45) is 0 Å². The molecule has 0 radical (unpaired) electrons. The number of carboxylic acid groups (broad SMARTS) is 1. The van der Waals surface area contributed by atoms with Gasteiger partial charge in [0.15, 0.2) is 0 Å². The number of aliphatic carboxylic acids is 1. The Bertz CT molecular complexity index is 575. The van der Waals surface area contributed by atoms with Crippen molar-refractivity contribution in [1.82, 2.24) is 4.98 Å². The quantitative estimate of drug-likeness (QED) is 0.920. The van der Waals surface area contributed by atoms with Gasteiger partial charge in [-0.05, 0) is 19.4 Å². The van der Waals surface area contributed by atoms with Crippen LogP contribution in [0.3, 0.4) is 0 Å². The summed E-state index contributed by atoms with van der Waals surface area (Å²) in [5, 5.41) is 9.44. The Kier molecular flexibility index (Phi) is 3.77. The van der Waals surface area contributed by atoms with Crippen molar-refractivity contribution < 1.29 is 9.90 Å². The van der Waals surface area contributed by atoms with E-state index >= 15 is 0 Å². The second kappa shape index (κ2) is 5.31. The zero-order valence-electron chi connectivity index (χ0n) is 10.4. The van der Waals surface area contributed by atoms with Crippen LogP contribution in [-0.2, 0) is 17.6 Å². The number of carbonyl (C=O) groups is 1. The van der Waals surface area contributed by atoms with Gasteiger partial charge in [0.2, 0.25) is 0 Å². The fourth-order valence-corrected chi connectivity index (χ4v) is 2.96. The summed E-state index contributed by atoms with van der Waals surface area (Å²) in [5.41, 5.74) is 3.42. The zero-order valence-corrected chi connectivity index (χ0v) is 11.3. The van der Waals surface area contributed by atoms with E-state index in [-0.39, 0.29) is 6.42 Å². The molecular formula is C14H15NO2S. The summed E-state index contributed by atoms with van der Waals surface area (Å²) in [6.45, 7) is 4.01. The Morgan fingerprint density at radius 3 is 2.83 bits per heavy atom. The second-order valence-corrected chi connectivity index (χ2v) is 5.52. The summed E-state index contributed by atoms with van der Waals surface area (Å²) in [4.78, 5) is 16.1. The first kappa shape index (κ1) is 12.8. The molecule has 0 amide bonds. The van der Waals surface area contributed by atoms with Crippen LogP contribution in [0.25, 0.3) is 0 Å². The number of aryl methyl sites for hydroxylation is 2. The van der Waals surface area contributed by atoms with Gasteiger partial charge in [0.25, 0.3) is 0 Å². The van der Waals surface area contributed by atoms with E-state index in [1.165, 1.54) is 22.5 Å². The molecule has 4 heteroatoms. The highest BCUT2D eigenvalue weighted by molar-refractivity contribution is 7.11. The first-order valence-electron chi connectivity index (χ1n) is 5.77.